The largest absolute Gasteiger partial charge is 0.494 e. The number of benzene rings is 2. The molecule has 0 aliphatic heterocycles. The van der Waals surface area contributed by atoms with Crippen molar-refractivity contribution >= 4 is 29.7 Å². The van der Waals surface area contributed by atoms with E-state index in [9.17, 15) is 9.59 Å². The molecule has 0 atom stereocenters. The number of rotatable bonds is 9. The van der Waals surface area contributed by atoms with E-state index in [2.05, 4.69) is 10.5 Å². The van der Waals surface area contributed by atoms with Crippen molar-refractivity contribution in [3.8, 4) is 17.1 Å². The number of carbonyl (C=O) groups is 2. The van der Waals surface area contributed by atoms with Gasteiger partial charge in [-0.05, 0) is 67.9 Å². The Balaban J connectivity index is 1.63. The van der Waals surface area contributed by atoms with Gasteiger partial charge in [-0.2, -0.15) is 5.10 Å². The summed E-state index contributed by atoms with van der Waals surface area (Å²) >= 11 is 6.10. The van der Waals surface area contributed by atoms with Crippen LogP contribution in [0.15, 0.2) is 64.1 Å². The molecule has 0 radical (unpaired) electrons. The van der Waals surface area contributed by atoms with E-state index >= 15 is 0 Å². The van der Waals surface area contributed by atoms with Crippen LogP contribution in [0.3, 0.4) is 0 Å². The van der Waals surface area contributed by atoms with Crippen molar-refractivity contribution in [2.45, 2.75) is 20.3 Å². The highest BCUT2D eigenvalue weighted by Gasteiger charge is 2.14. The molecule has 0 unspecified atom stereocenters. The Morgan fingerprint density at radius 1 is 1.09 bits per heavy atom. The molecule has 3 aromatic rings. The van der Waals surface area contributed by atoms with E-state index in [-0.39, 0.29) is 18.1 Å². The zero-order valence-corrected chi connectivity index (χ0v) is 18.5. The van der Waals surface area contributed by atoms with Crippen molar-refractivity contribution in [3.05, 3.63) is 76.5 Å². The van der Waals surface area contributed by atoms with Gasteiger partial charge in [0, 0.05) is 11.1 Å². The molecule has 0 bridgehead atoms. The van der Waals surface area contributed by atoms with Gasteiger partial charge in [-0.1, -0.05) is 18.5 Å². The first-order valence-corrected chi connectivity index (χ1v) is 10.5. The Kier molecular flexibility index (Phi) is 8.05. The Morgan fingerprint density at radius 3 is 2.59 bits per heavy atom. The number of hydrogen-bond donors (Lipinski definition) is 1. The van der Waals surface area contributed by atoms with Crippen LogP contribution in [-0.2, 0) is 4.74 Å². The molecule has 1 aromatic heterocycles. The summed E-state index contributed by atoms with van der Waals surface area (Å²) in [6, 6.07) is 15.2. The summed E-state index contributed by atoms with van der Waals surface area (Å²) in [5.74, 6) is 0.800. The zero-order valence-electron chi connectivity index (χ0n) is 17.8. The van der Waals surface area contributed by atoms with Gasteiger partial charge in [-0.15, -0.1) is 0 Å². The highest BCUT2D eigenvalue weighted by molar-refractivity contribution is 6.33. The average molecular weight is 455 g/mol. The number of esters is 1. The van der Waals surface area contributed by atoms with Crippen molar-refractivity contribution in [2.24, 2.45) is 5.10 Å². The summed E-state index contributed by atoms with van der Waals surface area (Å²) < 4.78 is 16.3. The smallest absolute Gasteiger partial charge is 0.339 e. The Hall–Kier alpha value is -3.58. The van der Waals surface area contributed by atoms with Crippen molar-refractivity contribution in [3.63, 3.8) is 0 Å². The highest BCUT2D eigenvalue weighted by Crippen LogP contribution is 2.27. The first-order chi connectivity index (χ1) is 15.5. The lowest BCUT2D eigenvalue weighted by Gasteiger charge is -2.06. The molecule has 1 N–H and O–H groups in total. The minimum Gasteiger partial charge on any atom is -0.494 e. The fourth-order valence-corrected chi connectivity index (χ4v) is 2.96. The standard InChI is InChI=1S/C24H23ClN2O5/c1-3-13-31-18-8-5-16(6-9-18)23(28)27-26-15-19-10-12-22(32-19)17-7-11-21(25)20(14-17)24(29)30-4-2/h5-12,14-15H,3-4,13H2,1-2H3,(H,27,28)/b26-15+. The SMILES string of the molecule is CCCOc1ccc(C(=O)N/N=C/c2ccc(-c3ccc(Cl)c(C(=O)OCC)c3)o2)cc1. The lowest BCUT2D eigenvalue weighted by atomic mass is 10.1. The second-order valence-corrected chi connectivity index (χ2v) is 7.10. The van der Waals surface area contributed by atoms with E-state index in [1.165, 1.54) is 6.21 Å². The Morgan fingerprint density at radius 2 is 1.88 bits per heavy atom. The molecule has 0 saturated carbocycles. The third-order valence-corrected chi connectivity index (χ3v) is 4.65. The molecule has 166 valence electrons. The molecular weight excluding hydrogens is 432 g/mol. The number of carbonyl (C=O) groups excluding carboxylic acids is 2. The van der Waals surface area contributed by atoms with Crippen molar-refractivity contribution in [2.75, 3.05) is 13.2 Å². The third kappa shape index (κ3) is 5.98. The minimum atomic E-state index is -0.500. The summed E-state index contributed by atoms with van der Waals surface area (Å²) in [7, 11) is 0. The van der Waals surface area contributed by atoms with Crippen LogP contribution in [0.1, 0.15) is 46.7 Å². The number of hydrazone groups is 1. The Labute approximate surface area is 191 Å². The molecule has 0 spiro atoms. The summed E-state index contributed by atoms with van der Waals surface area (Å²) in [6.45, 7) is 4.63. The van der Waals surface area contributed by atoms with E-state index in [0.29, 0.717) is 40.0 Å². The van der Waals surface area contributed by atoms with E-state index in [4.69, 9.17) is 25.5 Å². The zero-order chi connectivity index (χ0) is 22.9. The van der Waals surface area contributed by atoms with Gasteiger partial charge in [0.1, 0.15) is 17.3 Å². The van der Waals surface area contributed by atoms with Crippen LogP contribution in [0.5, 0.6) is 5.75 Å². The van der Waals surface area contributed by atoms with Crippen LogP contribution in [0, 0.1) is 0 Å². The quantitative estimate of drug-likeness (QED) is 0.268. The van der Waals surface area contributed by atoms with Gasteiger partial charge in [-0.25, -0.2) is 10.2 Å². The second-order valence-electron chi connectivity index (χ2n) is 6.69. The number of amides is 1. The maximum absolute atomic E-state index is 12.2. The normalized spacial score (nSPS) is 10.8. The van der Waals surface area contributed by atoms with Gasteiger partial charge in [0.2, 0.25) is 0 Å². The molecule has 1 heterocycles. The summed E-state index contributed by atoms with van der Waals surface area (Å²) in [5, 5.41) is 4.24. The van der Waals surface area contributed by atoms with E-state index in [1.807, 2.05) is 6.92 Å². The fraction of sp³-hybridized carbons (Fsp3) is 0.208. The van der Waals surface area contributed by atoms with Gasteiger partial charge in [0.05, 0.1) is 30.0 Å². The molecular formula is C24H23ClN2O5. The highest BCUT2D eigenvalue weighted by atomic mass is 35.5. The van der Waals surface area contributed by atoms with E-state index < -0.39 is 5.97 Å². The Bertz CT molecular complexity index is 1110. The molecule has 3 rings (SSSR count). The van der Waals surface area contributed by atoms with Crippen molar-refractivity contribution < 1.29 is 23.5 Å². The molecule has 7 nitrogen and oxygen atoms in total. The lowest BCUT2D eigenvalue weighted by molar-refractivity contribution is 0.0526. The molecule has 8 heteroatoms. The minimum absolute atomic E-state index is 0.253. The van der Waals surface area contributed by atoms with Gasteiger partial charge in [0.15, 0.2) is 0 Å². The number of nitrogens with zero attached hydrogens (tertiary/aromatic N) is 1. The van der Waals surface area contributed by atoms with Crippen LogP contribution in [0.25, 0.3) is 11.3 Å². The molecule has 1 amide bonds. The summed E-state index contributed by atoms with van der Waals surface area (Å²) in [6.07, 6.45) is 2.30. The van der Waals surface area contributed by atoms with Gasteiger partial charge in [-0.3, -0.25) is 4.79 Å². The number of hydrogen-bond acceptors (Lipinski definition) is 6. The first-order valence-electron chi connectivity index (χ1n) is 10.1. The summed E-state index contributed by atoms with van der Waals surface area (Å²) in [4.78, 5) is 24.3. The third-order valence-electron chi connectivity index (χ3n) is 4.32. The number of halogens is 1. The van der Waals surface area contributed by atoms with Crippen LogP contribution >= 0.6 is 11.6 Å². The lowest BCUT2D eigenvalue weighted by Crippen LogP contribution is -2.17. The van der Waals surface area contributed by atoms with Crippen LogP contribution in [0.2, 0.25) is 5.02 Å². The van der Waals surface area contributed by atoms with Gasteiger partial charge in [0.25, 0.3) is 5.91 Å². The van der Waals surface area contributed by atoms with Crippen LogP contribution < -0.4 is 10.2 Å². The average Bonchev–Trinajstić information content (AvgIpc) is 3.27. The number of ether oxygens (including phenoxy) is 2. The maximum atomic E-state index is 12.2. The van der Waals surface area contributed by atoms with Gasteiger partial charge >= 0.3 is 5.97 Å². The predicted octanol–water partition coefficient (Wildman–Crippen LogP) is 5.33. The first kappa shape index (κ1) is 23.1. The molecule has 32 heavy (non-hydrogen) atoms. The fourth-order valence-electron chi connectivity index (χ4n) is 2.76. The summed E-state index contributed by atoms with van der Waals surface area (Å²) in [5.41, 5.74) is 3.83. The number of nitrogens with one attached hydrogen (secondary N) is 1. The predicted molar refractivity (Wildman–Crippen MR) is 122 cm³/mol. The maximum Gasteiger partial charge on any atom is 0.339 e. The van der Waals surface area contributed by atoms with Crippen LogP contribution in [-0.4, -0.2) is 31.3 Å². The number of furan rings is 1. The van der Waals surface area contributed by atoms with Crippen LogP contribution in [0.4, 0.5) is 0 Å². The second kappa shape index (κ2) is 11.2. The van der Waals surface area contributed by atoms with Crippen molar-refractivity contribution in [1.29, 1.82) is 0 Å². The van der Waals surface area contributed by atoms with E-state index in [1.54, 1.807) is 61.5 Å². The topological polar surface area (TPSA) is 90.1 Å². The monoisotopic (exact) mass is 454 g/mol. The van der Waals surface area contributed by atoms with Crippen molar-refractivity contribution in [1.82, 2.24) is 5.43 Å². The molecule has 0 saturated heterocycles. The van der Waals surface area contributed by atoms with Gasteiger partial charge < -0.3 is 13.9 Å². The molecule has 0 aliphatic rings. The molecule has 0 aliphatic carbocycles. The molecule has 2 aromatic carbocycles. The van der Waals surface area contributed by atoms with E-state index in [0.717, 1.165) is 6.42 Å². The molecule has 0 fully saturated rings.